The number of hydrogen-bond acceptors (Lipinski definition) is 4. The molecule has 0 bridgehead atoms. The lowest BCUT2D eigenvalue weighted by molar-refractivity contribution is -0.138. The highest BCUT2D eigenvalue weighted by atomic mass is 16.3. The molecule has 0 saturated carbocycles. The van der Waals surface area contributed by atoms with Crippen LogP contribution in [0.25, 0.3) is 11.1 Å². The lowest BCUT2D eigenvalue weighted by Gasteiger charge is -2.24. The minimum Gasteiger partial charge on any atom is -0.512 e. The van der Waals surface area contributed by atoms with Crippen LogP contribution in [0.2, 0.25) is 0 Å². The van der Waals surface area contributed by atoms with Gasteiger partial charge in [0.15, 0.2) is 0 Å². The smallest absolute Gasteiger partial charge is 0.243 e. The third kappa shape index (κ3) is 5.34. The van der Waals surface area contributed by atoms with Gasteiger partial charge in [-0.1, -0.05) is 18.2 Å². The Morgan fingerprint density at radius 3 is 2.90 bits per heavy atom. The van der Waals surface area contributed by atoms with Crippen molar-refractivity contribution < 1.29 is 14.7 Å². The van der Waals surface area contributed by atoms with Crippen molar-refractivity contribution in [1.82, 2.24) is 15.2 Å². The SMILES string of the molecule is CC(=N)/C=C(\O)CC(=O)N1CCC[C@H]1C(=O)NCc1cccc(-c2cc[nH]c2)c1. The summed E-state index contributed by atoms with van der Waals surface area (Å²) >= 11 is 0. The van der Waals surface area contributed by atoms with E-state index in [2.05, 4.69) is 10.3 Å². The number of benzene rings is 1. The minimum absolute atomic E-state index is 0.157. The normalized spacial score (nSPS) is 16.7. The second-order valence-electron chi connectivity index (χ2n) is 7.26. The maximum Gasteiger partial charge on any atom is 0.243 e. The van der Waals surface area contributed by atoms with Crippen molar-refractivity contribution in [2.45, 2.75) is 38.8 Å². The first-order valence-electron chi connectivity index (χ1n) is 9.68. The minimum atomic E-state index is -0.524. The zero-order valence-corrected chi connectivity index (χ0v) is 16.4. The van der Waals surface area contributed by atoms with Crippen molar-refractivity contribution in [3.63, 3.8) is 0 Å². The van der Waals surface area contributed by atoms with Gasteiger partial charge in [-0.05, 0) is 54.7 Å². The topological polar surface area (TPSA) is 109 Å². The number of hydrogen-bond donors (Lipinski definition) is 4. The predicted molar refractivity (Wildman–Crippen MR) is 112 cm³/mol. The molecular formula is C22H26N4O3. The number of aromatic amines is 1. The monoisotopic (exact) mass is 394 g/mol. The predicted octanol–water partition coefficient (Wildman–Crippen LogP) is 3.16. The molecule has 29 heavy (non-hydrogen) atoms. The Balaban J connectivity index is 1.59. The Morgan fingerprint density at radius 1 is 1.34 bits per heavy atom. The van der Waals surface area contributed by atoms with Gasteiger partial charge in [0.2, 0.25) is 11.8 Å². The third-order valence-corrected chi connectivity index (χ3v) is 4.92. The first-order chi connectivity index (χ1) is 13.9. The average molecular weight is 394 g/mol. The van der Waals surface area contributed by atoms with Gasteiger partial charge in [0, 0.05) is 31.2 Å². The van der Waals surface area contributed by atoms with Gasteiger partial charge in [-0.25, -0.2) is 0 Å². The molecule has 0 radical (unpaired) electrons. The average Bonchev–Trinajstić information content (AvgIpc) is 3.37. The molecular weight excluding hydrogens is 368 g/mol. The van der Waals surface area contributed by atoms with E-state index in [4.69, 9.17) is 5.41 Å². The number of nitrogens with one attached hydrogen (secondary N) is 3. The molecule has 1 aliphatic heterocycles. The molecule has 1 aliphatic rings. The molecule has 0 aliphatic carbocycles. The third-order valence-electron chi connectivity index (χ3n) is 4.92. The van der Waals surface area contributed by atoms with Crippen molar-refractivity contribution in [3.05, 3.63) is 60.1 Å². The first-order valence-corrected chi connectivity index (χ1v) is 9.68. The van der Waals surface area contributed by atoms with Crippen LogP contribution in [-0.2, 0) is 16.1 Å². The van der Waals surface area contributed by atoms with Gasteiger partial charge >= 0.3 is 0 Å². The van der Waals surface area contributed by atoms with E-state index < -0.39 is 6.04 Å². The summed E-state index contributed by atoms with van der Waals surface area (Å²) in [6.07, 6.45) is 6.20. The lowest BCUT2D eigenvalue weighted by atomic mass is 10.1. The van der Waals surface area contributed by atoms with Crippen molar-refractivity contribution in [3.8, 4) is 11.1 Å². The van der Waals surface area contributed by atoms with E-state index in [1.54, 1.807) is 0 Å². The summed E-state index contributed by atoms with van der Waals surface area (Å²) in [5.41, 5.74) is 3.31. The Bertz CT molecular complexity index is 918. The second kappa shape index (κ2) is 9.23. The highest BCUT2D eigenvalue weighted by Crippen LogP contribution is 2.21. The van der Waals surface area contributed by atoms with Crippen molar-refractivity contribution in [1.29, 1.82) is 5.41 Å². The summed E-state index contributed by atoms with van der Waals surface area (Å²) in [5.74, 6) is -0.642. The quantitative estimate of drug-likeness (QED) is 0.428. The van der Waals surface area contributed by atoms with Crippen molar-refractivity contribution in [2.75, 3.05) is 6.54 Å². The number of allylic oxidation sites excluding steroid dienone is 1. The first kappa shape index (κ1) is 20.4. The van der Waals surface area contributed by atoms with E-state index in [1.165, 1.54) is 17.9 Å². The van der Waals surface area contributed by atoms with Crippen LogP contribution in [0.15, 0.2) is 54.6 Å². The summed E-state index contributed by atoms with van der Waals surface area (Å²) in [6, 6.07) is 9.42. The van der Waals surface area contributed by atoms with Gasteiger partial charge in [-0.15, -0.1) is 0 Å². The van der Waals surface area contributed by atoms with Crippen molar-refractivity contribution >= 4 is 17.5 Å². The number of likely N-dealkylation sites (tertiary alicyclic amines) is 1. The Hall–Kier alpha value is -3.35. The molecule has 1 aromatic heterocycles. The molecule has 152 valence electrons. The molecule has 4 N–H and O–H groups in total. The summed E-state index contributed by atoms with van der Waals surface area (Å²) in [6.45, 7) is 2.41. The molecule has 0 spiro atoms. The van der Waals surface area contributed by atoms with E-state index in [-0.39, 0.29) is 29.7 Å². The van der Waals surface area contributed by atoms with Crippen LogP contribution in [0.4, 0.5) is 0 Å². The van der Waals surface area contributed by atoms with Gasteiger partial charge in [-0.3, -0.25) is 9.59 Å². The Kier molecular flexibility index (Phi) is 6.49. The maximum absolute atomic E-state index is 12.7. The number of rotatable bonds is 7. The molecule has 1 saturated heterocycles. The lowest BCUT2D eigenvalue weighted by Crippen LogP contribution is -2.45. The largest absolute Gasteiger partial charge is 0.512 e. The van der Waals surface area contributed by atoms with Gasteiger partial charge in [0.05, 0.1) is 6.42 Å². The molecule has 2 heterocycles. The van der Waals surface area contributed by atoms with Crippen LogP contribution in [0.3, 0.4) is 0 Å². The van der Waals surface area contributed by atoms with Gasteiger partial charge in [-0.2, -0.15) is 0 Å². The fourth-order valence-corrected chi connectivity index (χ4v) is 3.57. The molecule has 2 aromatic rings. The van der Waals surface area contributed by atoms with E-state index in [1.807, 2.05) is 42.7 Å². The number of amides is 2. The van der Waals surface area contributed by atoms with E-state index in [0.717, 1.165) is 23.1 Å². The van der Waals surface area contributed by atoms with Crippen LogP contribution in [0.5, 0.6) is 0 Å². The second-order valence-corrected chi connectivity index (χ2v) is 7.26. The van der Waals surface area contributed by atoms with E-state index in [0.29, 0.717) is 19.5 Å². The van der Waals surface area contributed by atoms with Crippen LogP contribution in [-0.4, -0.2) is 45.1 Å². The number of aromatic nitrogens is 1. The number of carbonyl (C=O) groups excluding carboxylic acids is 2. The molecule has 1 atom stereocenters. The number of aliphatic hydroxyl groups excluding tert-OH is 1. The summed E-state index contributed by atoms with van der Waals surface area (Å²) in [5, 5.41) is 20.1. The number of nitrogens with zero attached hydrogens (tertiary/aromatic N) is 1. The fraction of sp³-hybridized carbons (Fsp3) is 0.318. The Morgan fingerprint density at radius 2 is 2.17 bits per heavy atom. The standard InChI is InChI=1S/C22H26N4O3/c1-15(23)10-19(27)12-21(28)26-9-3-6-20(26)22(29)25-13-16-4-2-5-17(11-16)18-7-8-24-14-18/h2,4-5,7-8,10-11,14,20,23-24,27H,3,6,9,12-13H2,1H3,(H,25,29)/b19-10-,23-15?/t20-/m0/s1. The fourth-order valence-electron chi connectivity index (χ4n) is 3.57. The zero-order valence-electron chi connectivity index (χ0n) is 16.4. The summed E-state index contributed by atoms with van der Waals surface area (Å²) in [4.78, 5) is 29.7. The van der Waals surface area contributed by atoms with Gasteiger partial charge in [0.25, 0.3) is 0 Å². The zero-order chi connectivity index (χ0) is 20.8. The number of aliphatic hydroxyl groups is 1. The Labute approximate surface area is 169 Å². The van der Waals surface area contributed by atoms with Crippen LogP contribution >= 0.6 is 0 Å². The molecule has 1 fully saturated rings. The van der Waals surface area contributed by atoms with Crippen LogP contribution in [0.1, 0.15) is 31.7 Å². The number of carbonyl (C=O) groups is 2. The summed E-state index contributed by atoms with van der Waals surface area (Å²) < 4.78 is 0. The van der Waals surface area contributed by atoms with E-state index in [9.17, 15) is 14.7 Å². The maximum atomic E-state index is 12.7. The molecule has 3 rings (SSSR count). The van der Waals surface area contributed by atoms with Crippen molar-refractivity contribution in [2.24, 2.45) is 0 Å². The highest BCUT2D eigenvalue weighted by Gasteiger charge is 2.34. The van der Waals surface area contributed by atoms with Gasteiger partial charge < -0.3 is 25.7 Å². The van der Waals surface area contributed by atoms with E-state index >= 15 is 0 Å². The molecule has 7 nitrogen and oxygen atoms in total. The van der Waals surface area contributed by atoms with Crippen LogP contribution < -0.4 is 5.32 Å². The van der Waals surface area contributed by atoms with Crippen LogP contribution in [0, 0.1) is 5.41 Å². The molecule has 0 unspecified atom stereocenters. The van der Waals surface area contributed by atoms with Gasteiger partial charge in [0.1, 0.15) is 11.8 Å². The molecule has 2 amide bonds. The highest BCUT2D eigenvalue weighted by molar-refractivity contribution is 5.92. The summed E-state index contributed by atoms with van der Waals surface area (Å²) in [7, 11) is 0. The molecule has 1 aromatic carbocycles. The number of H-pyrrole nitrogens is 1. The molecule has 7 heteroatoms.